The van der Waals surface area contributed by atoms with Gasteiger partial charge in [-0.2, -0.15) is 9.90 Å². The zero-order chi connectivity index (χ0) is 93.2. The van der Waals surface area contributed by atoms with Crippen LogP contribution in [0.25, 0.3) is 0 Å². The first kappa shape index (κ1) is 148. The number of hydrogen-bond donors (Lipinski definition) is 9. The van der Waals surface area contributed by atoms with Crippen molar-refractivity contribution >= 4 is 265 Å². The molecule has 6 aliphatic rings. The summed E-state index contributed by atoms with van der Waals surface area (Å²) in [6, 6.07) is 22.8. The van der Waals surface area contributed by atoms with Gasteiger partial charge >= 0.3 is 42.6 Å². The van der Waals surface area contributed by atoms with Gasteiger partial charge < -0.3 is 89.8 Å². The third-order valence-corrected chi connectivity index (χ3v) is 96.0. The number of halogens is 3. The average Bonchev–Trinajstić information content (AvgIpc) is 1.14. The molecular weight excluding hydrogens is 2050 g/mol. The van der Waals surface area contributed by atoms with Gasteiger partial charge in [-0.05, 0) is 291 Å². The standard InChI is InChI=1S/C18H28N2O2.C12H24N2O2.C11H14O3.C8H16N2O.C7H16N2.C6H14N2.C5H9ClO2.C4H8O.C2H6O.CH2Cl2.CH4.Al.Li.H16P14.H6P4.H5P3.H3P.4H/c1-18(2,3)22-17(21)20(13-14-7-5-4-6-8-14)16-11-9-15(19)10-12-16;1-12(2,3)16-11(15)14(4)10-7-5-9(13)6-8-10;1-11(2,3)14-10(12)13-9-7-5-4-6-8-9;1-6(11)10-8-4-2-7(9)3-5-8;1-9-7-4-2-6(8)3-5-7;7-5-1-2-6(8)4-3-5;1-2-3-4-8-5(6)7;1-2-4-5-3-1;1-2-3;2-1-3;;;;1-9(2)13(10(3)4)14(11(5)6)12(7)8;1-4(2)3;1-3-2;;;;;/h4-8,15-16H,9-13,19H2,1-3H3;9-10H,5-8,13H2,1-4H3;4-8H,1-3H3;7-8H,2-5,9H2,1H3,(H,10,11);6-7,9H,2-5,8H2,1H3;5-6H,1-4,7-8H2;2-4H2,1H3;1-4H2;3H,2H2,1H3;1H2;1H4;;;1-8H2;1-3H2;3H,1-2H2;1H3;;;;/q;;;;;;;;;;;;+1;;;;;;;;-1. The number of para-hydroxylation sites is 1. The number of aliphatic hydroxyl groups is 1. The van der Waals surface area contributed by atoms with Crippen molar-refractivity contribution in [2.24, 2.45) is 34.4 Å². The van der Waals surface area contributed by atoms with Crippen molar-refractivity contribution < 1.29 is 77.8 Å². The minimum absolute atomic E-state index is 0. The second-order valence-corrected chi connectivity index (χ2v) is 102. The quantitative estimate of drug-likeness (QED) is 0.0117. The van der Waals surface area contributed by atoms with E-state index in [1.807, 2.05) is 104 Å². The molecule has 0 bridgehead atoms. The van der Waals surface area contributed by atoms with Gasteiger partial charge in [-0.3, -0.25) is 4.79 Å². The number of ether oxygens (including phenoxy) is 6. The number of nitrogens with two attached hydrogens (primary N) is 6. The molecule has 5 saturated carbocycles. The summed E-state index contributed by atoms with van der Waals surface area (Å²) in [6.07, 6.45) is 24.7. The van der Waals surface area contributed by atoms with Gasteiger partial charge in [0.15, 0.2) is 17.4 Å². The Bertz CT molecular complexity index is 2730. The zero-order valence-electron chi connectivity index (χ0n) is 77.0. The first-order chi connectivity index (χ1) is 55.9. The number of carbonyl (C=O) groups is 5. The van der Waals surface area contributed by atoms with Crippen LogP contribution in [0.3, 0.4) is 0 Å². The van der Waals surface area contributed by atoms with Crippen LogP contribution < -0.4 is 68.6 Å². The number of hydrogen-bond acceptors (Lipinski definition) is 19. The smallest absolute Gasteiger partial charge is 1.00 e. The first-order valence-electron chi connectivity index (χ1n) is 40.5. The zero-order valence-corrected chi connectivity index (χ0v) is 102. The van der Waals surface area contributed by atoms with E-state index in [2.05, 4.69) is 131 Å². The van der Waals surface area contributed by atoms with Crippen molar-refractivity contribution in [2.45, 2.75) is 328 Å². The van der Waals surface area contributed by atoms with Gasteiger partial charge in [0.2, 0.25) is 5.91 Å². The Morgan fingerprint density at radius 3 is 1.14 bits per heavy atom. The Kier molecular flexibility index (Phi) is 111. The van der Waals surface area contributed by atoms with Crippen LogP contribution in [0.2, 0.25) is 0 Å². The largest absolute Gasteiger partial charge is 1.00 e. The number of alkyl halides is 2. The molecule has 5 aliphatic carbocycles. The van der Waals surface area contributed by atoms with E-state index in [-0.39, 0.29) is 152 Å². The molecule has 49 heteroatoms. The maximum absolute atomic E-state index is 12.6. The molecule has 22 nitrogen and oxygen atoms in total. The number of nitrogens with one attached hydrogen (secondary N) is 2. The fraction of sp³-hybridized carbons (Fsp3) is 0.773. The molecule has 1 heterocycles. The van der Waals surface area contributed by atoms with Crippen molar-refractivity contribution in [1.82, 2.24) is 20.4 Å². The Balaban J connectivity index is -0.000000148. The summed E-state index contributed by atoms with van der Waals surface area (Å²) in [7, 11) is 42.2. The number of unbranched alkanes of at least 4 members (excludes halogenated alkanes) is 1. The monoisotopic (exact) mass is 2230 g/mol. The molecule has 14 unspecified atom stereocenters. The molecule has 2 aromatic carbocycles. The minimum Gasteiger partial charge on any atom is -1.00 e. The van der Waals surface area contributed by atoms with E-state index in [9.17, 15) is 24.0 Å². The number of carbonyl (C=O) groups excluding carboxylic acids is 5. The summed E-state index contributed by atoms with van der Waals surface area (Å²) in [5.41, 5.74) is 33.6. The number of benzene rings is 2. The van der Waals surface area contributed by atoms with Crippen molar-refractivity contribution in [3.05, 3.63) is 66.2 Å². The predicted octanol–water partition coefficient (Wildman–Crippen LogP) is 21.8. The number of nitrogens with zero attached hydrogens (tertiary/aromatic N) is 2. The van der Waals surface area contributed by atoms with E-state index >= 15 is 0 Å². The van der Waals surface area contributed by atoms with Crippen LogP contribution in [-0.4, -0.2) is 185 Å². The van der Waals surface area contributed by atoms with Gasteiger partial charge in [0, 0.05) is 112 Å². The molecule has 1 aliphatic heterocycles. The van der Waals surface area contributed by atoms with E-state index in [0.717, 1.165) is 148 Å². The van der Waals surface area contributed by atoms with Crippen LogP contribution in [0, 0.1) is 0 Å². The Morgan fingerprint density at radius 2 is 0.855 bits per heavy atom. The molecule has 2 aromatic rings. The second kappa shape index (κ2) is 93.0. The summed E-state index contributed by atoms with van der Waals surface area (Å²) >= 11 is 14.4. The van der Waals surface area contributed by atoms with Crippen LogP contribution in [0.4, 0.5) is 19.2 Å². The van der Waals surface area contributed by atoms with Crippen molar-refractivity contribution in [3.63, 3.8) is 0 Å². The van der Waals surface area contributed by atoms with Crippen molar-refractivity contribution in [1.29, 1.82) is 0 Å². The maximum atomic E-state index is 12.6. The van der Waals surface area contributed by atoms with Gasteiger partial charge in [0.1, 0.15) is 22.6 Å². The second-order valence-electron chi connectivity index (χ2n) is 31.4. The molecule has 124 heavy (non-hydrogen) atoms. The summed E-state index contributed by atoms with van der Waals surface area (Å²) in [5.74, 6) is 0.562. The first-order valence-corrected chi connectivity index (χ1v) is 77.3. The van der Waals surface area contributed by atoms with E-state index in [0.29, 0.717) is 55.2 Å². The fourth-order valence-corrected chi connectivity index (χ4v) is 158. The van der Waals surface area contributed by atoms with Crippen LogP contribution in [0.15, 0.2) is 60.7 Å². The number of rotatable bonds is 15. The van der Waals surface area contributed by atoms with Crippen molar-refractivity contribution in [2.75, 3.05) is 45.9 Å². The third kappa shape index (κ3) is 95.8. The molecule has 0 radical (unpaired) electrons. The maximum Gasteiger partial charge on any atom is 1.00 e. The fourth-order valence-electron chi connectivity index (χ4n) is 11.2. The molecule has 3 amide bonds. The Morgan fingerprint density at radius 1 is 0.556 bits per heavy atom. The molecule has 1 saturated heterocycles. The summed E-state index contributed by atoms with van der Waals surface area (Å²) in [4.78, 5) is 59.7. The Hall–Kier alpha value is 6.29. The SMILES string of the molecule is C.C1CCOC1.CC(=O)NC1CCC(N)CC1.CC(C)(C)OC(=O)N(Cc1ccccc1)C1CCC(N)CC1.CC(C)(C)OC(=O)Oc1ccccc1.CCCCOC(=O)Cl.CCO.CN(C(=O)OC(C)(C)C)C1CCC(N)CC1.CNC1CCC(N)CC1.ClCCl.NC1CCC(N)CC1.P.PP(P)P.PP(P)P(P(P)P)P(P(P)P)P(P)P.PPP.[AlH3].[H-].[Li+]. The summed E-state index contributed by atoms with van der Waals surface area (Å²) in [6.45, 7) is 26.2. The van der Waals surface area contributed by atoms with Crippen LogP contribution in [0.1, 0.15) is 252 Å². The molecular formula is C75H175AlCl3LiN10O12P22. The van der Waals surface area contributed by atoms with Crippen LogP contribution in [-0.2, 0) is 35.0 Å². The summed E-state index contributed by atoms with van der Waals surface area (Å²) in [5, 5.41) is 13.9. The van der Waals surface area contributed by atoms with E-state index < -0.39 is 28.4 Å². The average molecular weight is 2230 g/mol. The number of amides is 3. The van der Waals surface area contributed by atoms with Gasteiger partial charge in [0.25, 0.3) is 0 Å². The normalized spacial score (nSPS) is 20.3. The van der Waals surface area contributed by atoms with Crippen molar-refractivity contribution in [3.8, 4) is 5.75 Å². The Labute approximate surface area is 836 Å². The summed E-state index contributed by atoms with van der Waals surface area (Å²) < 4.78 is 30.2. The van der Waals surface area contributed by atoms with E-state index in [4.69, 9.17) is 98.0 Å². The molecule has 8 rings (SSSR count). The van der Waals surface area contributed by atoms with Gasteiger partial charge in [-0.1, -0.05) is 77.3 Å². The molecule has 15 N–H and O–H groups in total. The molecule has 732 valence electrons. The third-order valence-electron chi connectivity index (χ3n) is 17.0. The molecule has 0 aromatic heterocycles. The minimum atomic E-state index is -0.710. The topological polar surface area (TPSA) is 348 Å². The van der Waals surface area contributed by atoms with Crippen LogP contribution in [0.5, 0.6) is 5.75 Å². The molecule has 14 atom stereocenters. The number of aliphatic hydroxyl groups excluding tert-OH is 1. The van der Waals surface area contributed by atoms with Crippen LogP contribution >= 0.6 is 218 Å². The molecule has 6 fully saturated rings. The predicted molar refractivity (Wildman–Crippen MR) is 617 cm³/mol. The van der Waals surface area contributed by atoms with Gasteiger partial charge in [-0.25, -0.2) is 19.2 Å². The van der Waals surface area contributed by atoms with Gasteiger partial charge in [-0.15, -0.1) is 139 Å². The van der Waals surface area contributed by atoms with Gasteiger partial charge in [0.05, 0.1) is 11.9 Å². The van der Waals surface area contributed by atoms with E-state index in [1.165, 1.54) is 38.5 Å². The van der Waals surface area contributed by atoms with E-state index in [1.54, 1.807) is 63.8 Å². The molecule has 0 spiro atoms.